The highest BCUT2D eigenvalue weighted by molar-refractivity contribution is 4.83. The second-order valence-electron chi connectivity index (χ2n) is 5.78. The van der Waals surface area contributed by atoms with Gasteiger partial charge in [-0.2, -0.15) is 0 Å². The Bertz CT molecular complexity index is 191. The smallest absolute Gasteiger partial charge is 0.0695 e. The number of nitrogens with zero attached hydrogens (tertiary/aromatic N) is 1. The Hall–Kier alpha value is -0.0800. The van der Waals surface area contributed by atoms with E-state index in [0.717, 1.165) is 18.4 Å². The predicted molar refractivity (Wildman–Crippen MR) is 62.7 cm³/mol. The third kappa shape index (κ3) is 2.73. The molecule has 0 amide bonds. The molecule has 0 radical (unpaired) electrons. The third-order valence-corrected chi connectivity index (χ3v) is 4.45. The van der Waals surface area contributed by atoms with E-state index in [4.69, 9.17) is 0 Å². The maximum atomic E-state index is 10.1. The summed E-state index contributed by atoms with van der Waals surface area (Å²) < 4.78 is 0. The van der Waals surface area contributed by atoms with Crippen LogP contribution in [0.15, 0.2) is 0 Å². The number of likely N-dealkylation sites (tertiary alicyclic amines) is 1. The second kappa shape index (κ2) is 4.84. The summed E-state index contributed by atoms with van der Waals surface area (Å²) in [7, 11) is 0. The normalized spacial score (nSPS) is 36.2. The van der Waals surface area contributed by atoms with Crippen LogP contribution in [0.5, 0.6) is 0 Å². The van der Waals surface area contributed by atoms with Crippen molar-refractivity contribution < 1.29 is 5.11 Å². The molecule has 0 aromatic carbocycles. The standard InChI is InChI=1S/C13H25NO/c1-10-7-14(8-11(10)2)9-13(15)12-5-3-4-6-12/h10-13,15H,3-9H2,1-2H3. The highest BCUT2D eigenvalue weighted by Gasteiger charge is 2.30. The Morgan fingerprint density at radius 2 is 1.67 bits per heavy atom. The molecule has 2 rings (SSSR count). The van der Waals surface area contributed by atoms with Gasteiger partial charge in [0.2, 0.25) is 0 Å². The monoisotopic (exact) mass is 211 g/mol. The fraction of sp³-hybridized carbons (Fsp3) is 1.00. The summed E-state index contributed by atoms with van der Waals surface area (Å²) in [5.74, 6) is 2.21. The molecule has 2 aliphatic rings. The van der Waals surface area contributed by atoms with Gasteiger partial charge in [-0.15, -0.1) is 0 Å². The first-order valence-electron chi connectivity index (χ1n) is 6.57. The van der Waals surface area contributed by atoms with Gasteiger partial charge in [0.15, 0.2) is 0 Å². The summed E-state index contributed by atoms with van der Waals surface area (Å²) in [5.41, 5.74) is 0. The Balaban J connectivity index is 1.76. The van der Waals surface area contributed by atoms with E-state index >= 15 is 0 Å². The van der Waals surface area contributed by atoms with Crippen molar-refractivity contribution in [3.8, 4) is 0 Å². The van der Waals surface area contributed by atoms with Crippen LogP contribution in [-0.2, 0) is 0 Å². The van der Waals surface area contributed by atoms with Crippen LogP contribution in [0, 0.1) is 17.8 Å². The maximum absolute atomic E-state index is 10.1. The lowest BCUT2D eigenvalue weighted by atomic mass is 10.0. The average Bonchev–Trinajstić information content (AvgIpc) is 2.77. The second-order valence-corrected chi connectivity index (χ2v) is 5.78. The van der Waals surface area contributed by atoms with Gasteiger partial charge in [0.25, 0.3) is 0 Å². The van der Waals surface area contributed by atoms with Crippen LogP contribution in [0.1, 0.15) is 39.5 Å². The zero-order valence-electron chi connectivity index (χ0n) is 10.2. The van der Waals surface area contributed by atoms with Gasteiger partial charge in [0.05, 0.1) is 6.10 Å². The number of aliphatic hydroxyl groups excluding tert-OH is 1. The molecular weight excluding hydrogens is 186 g/mol. The van der Waals surface area contributed by atoms with E-state index in [1.165, 1.54) is 38.8 Å². The molecule has 1 N–H and O–H groups in total. The molecular formula is C13H25NO. The highest BCUT2D eigenvalue weighted by Crippen LogP contribution is 2.29. The van der Waals surface area contributed by atoms with Gasteiger partial charge in [-0.05, 0) is 30.6 Å². The summed E-state index contributed by atoms with van der Waals surface area (Å²) in [4.78, 5) is 2.46. The molecule has 0 spiro atoms. The minimum atomic E-state index is -0.0648. The summed E-state index contributed by atoms with van der Waals surface area (Å²) in [6.07, 6.45) is 5.09. The molecule has 2 heteroatoms. The van der Waals surface area contributed by atoms with Gasteiger partial charge in [-0.25, -0.2) is 0 Å². The topological polar surface area (TPSA) is 23.5 Å². The van der Waals surface area contributed by atoms with Gasteiger partial charge in [0.1, 0.15) is 0 Å². The van der Waals surface area contributed by atoms with Gasteiger partial charge < -0.3 is 10.0 Å². The molecule has 2 nitrogen and oxygen atoms in total. The van der Waals surface area contributed by atoms with Crippen LogP contribution in [-0.4, -0.2) is 35.7 Å². The molecule has 0 aromatic rings. The van der Waals surface area contributed by atoms with E-state index in [9.17, 15) is 5.11 Å². The lowest BCUT2D eigenvalue weighted by molar-refractivity contribution is 0.0724. The minimum Gasteiger partial charge on any atom is -0.392 e. The Labute approximate surface area is 93.7 Å². The van der Waals surface area contributed by atoms with Crippen LogP contribution in [0.2, 0.25) is 0 Å². The number of hydrogen-bond donors (Lipinski definition) is 1. The number of rotatable bonds is 3. The summed E-state index contributed by atoms with van der Waals surface area (Å²) >= 11 is 0. The van der Waals surface area contributed by atoms with E-state index in [2.05, 4.69) is 18.7 Å². The van der Waals surface area contributed by atoms with Crippen molar-refractivity contribution in [2.24, 2.45) is 17.8 Å². The van der Waals surface area contributed by atoms with Crippen LogP contribution in [0.25, 0.3) is 0 Å². The fourth-order valence-corrected chi connectivity index (χ4v) is 3.15. The van der Waals surface area contributed by atoms with Crippen LogP contribution in [0.4, 0.5) is 0 Å². The Morgan fingerprint density at radius 3 is 2.20 bits per heavy atom. The van der Waals surface area contributed by atoms with Crippen molar-refractivity contribution in [3.63, 3.8) is 0 Å². The van der Waals surface area contributed by atoms with Crippen molar-refractivity contribution in [2.75, 3.05) is 19.6 Å². The Morgan fingerprint density at radius 1 is 1.13 bits per heavy atom. The van der Waals surface area contributed by atoms with Crippen molar-refractivity contribution in [1.29, 1.82) is 0 Å². The van der Waals surface area contributed by atoms with Crippen LogP contribution < -0.4 is 0 Å². The summed E-state index contributed by atoms with van der Waals surface area (Å²) in [6, 6.07) is 0. The lowest BCUT2D eigenvalue weighted by Gasteiger charge is -2.24. The van der Waals surface area contributed by atoms with Crippen LogP contribution >= 0.6 is 0 Å². The van der Waals surface area contributed by atoms with Gasteiger partial charge >= 0.3 is 0 Å². The first-order valence-corrected chi connectivity index (χ1v) is 6.57. The summed E-state index contributed by atoms with van der Waals surface area (Å²) in [5, 5.41) is 10.1. The van der Waals surface area contributed by atoms with Crippen LogP contribution in [0.3, 0.4) is 0 Å². The molecule has 1 aliphatic heterocycles. The summed E-state index contributed by atoms with van der Waals surface area (Å²) in [6.45, 7) is 7.94. The number of aliphatic hydroxyl groups is 1. The molecule has 1 saturated carbocycles. The molecule has 2 fully saturated rings. The molecule has 0 bridgehead atoms. The lowest BCUT2D eigenvalue weighted by Crippen LogP contribution is -2.34. The molecule has 0 aromatic heterocycles. The molecule has 3 atom stereocenters. The van der Waals surface area contributed by atoms with Crippen molar-refractivity contribution in [3.05, 3.63) is 0 Å². The van der Waals surface area contributed by atoms with Crippen molar-refractivity contribution in [2.45, 2.75) is 45.6 Å². The van der Waals surface area contributed by atoms with Gasteiger partial charge in [-0.1, -0.05) is 26.7 Å². The number of β-amino-alcohol motifs (C(OH)–C–C–N with tert-alkyl or cyclic N) is 1. The van der Waals surface area contributed by atoms with Crippen molar-refractivity contribution >= 4 is 0 Å². The van der Waals surface area contributed by atoms with Gasteiger partial charge in [-0.3, -0.25) is 0 Å². The van der Waals surface area contributed by atoms with E-state index in [-0.39, 0.29) is 6.10 Å². The fourth-order valence-electron chi connectivity index (χ4n) is 3.15. The van der Waals surface area contributed by atoms with E-state index < -0.39 is 0 Å². The molecule has 15 heavy (non-hydrogen) atoms. The van der Waals surface area contributed by atoms with Gasteiger partial charge in [0, 0.05) is 19.6 Å². The first-order chi connectivity index (χ1) is 7.16. The third-order valence-electron chi connectivity index (χ3n) is 4.45. The molecule has 3 unspecified atom stereocenters. The molecule has 1 saturated heterocycles. The number of hydrogen-bond acceptors (Lipinski definition) is 2. The quantitative estimate of drug-likeness (QED) is 0.773. The zero-order valence-corrected chi connectivity index (χ0v) is 10.2. The molecule has 1 aliphatic carbocycles. The largest absolute Gasteiger partial charge is 0.392 e. The van der Waals surface area contributed by atoms with E-state index in [1.54, 1.807) is 0 Å². The molecule has 88 valence electrons. The minimum absolute atomic E-state index is 0.0648. The predicted octanol–water partition coefficient (Wildman–Crippen LogP) is 2.13. The SMILES string of the molecule is CC1CN(CC(O)C2CCCC2)CC1C. The maximum Gasteiger partial charge on any atom is 0.0695 e. The van der Waals surface area contributed by atoms with Crippen molar-refractivity contribution in [1.82, 2.24) is 4.90 Å². The van der Waals surface area contributed by atoms with E-state index in [1.807, 2.05) is 0 Å². The highest BCUT2D eigenvalue weighted by atomic mass is 16.3. The first kappa shape index (κ1) is 11.4. The molecule has 1 heterocycles. The zero-order chi connectivity index (χ0) is 10.8. The Kier molecular flexibility index (Phi) is 3.68. The average molecular weight is 211 g/mol. The van der Waals surface area contributed by atoms with E-state index in [0.29, 0.717) is 5.92 Å².